The number of nitrogens with zero attached hydrogens (tertiary/aromatic N) is 4. The van der Waals surface area contributed by atoms with Gasteiger partial charge in [0.05, 0.1) is 25.5 Å². The second-order valence-electron chi connectivity index (χ2n) is 4.46. The number of nitrogens with one attached hydrogen (secondary N) is 1. The molecule has 0 aromatic carbocycles. The molecule has 1 aromatic rings. The number of rotatable bonds is 5. The van der Waals surface area contributed by atoms with Crippen LogP contribution in [0.3, 0.4) is 0 Å². The minimum Gasteiger partial charge on any atom is -0.379 e. The molecule has 2 heterocycles. The Labute approximate surface area is 102 Å². The molecule has 0 bridgehead atoms. The highest BCUT2D eigenvalue weighted by atomic mass is 16.5. The zero-order valence-electron chi connectivity index (χ0n) is 10.6. The van der Waals surface area contributed by atoms with Crippen LogP contribution < -0.4 is 5.32 Å². The highest BCUT2D eigenvalue weighted by molar-refractivity contribution is 4.91. The molecule has 0 saturated carbocycles. The lowest BCUT2D eigenvalue weighted by Gasteiger charge is -2.32. The molecule has 1 aromatic heterocycles. The molecule has 1 fully saturated rings. The van der Waals surface area contributed by atoms with Crippen molar-refractivity contribution in [1.29, 1.82) is 0 Å². The quantitative estimate of drug-likeness (QED) is 0.766. The molecule has 1 N–H and O–H groups in total. The Kier molecular flexibility index (Phi) is 4.47. The SMILES string of the molecule is CNCc1cn(CCN2CCOCC2C)nn1. The Morgan fingerprint density at radius 2 is 2.41 bits per heavy atom. The monoisotopic (exact) mass is 239 g/mol. The van der Waals surface area contributed by atoms with Gasteiger partial charge in [0, 0.05) is 31.9 Å². The highest BCUT2D eigenvalue weighted by Crippen LogP contribution is 2.05. The average Bonchev–Trinajstić information content (AvgIpc) is 2.76. The van der Waals surface area contributed by atoms with Crippen molar-refractivity contribution < 1.29 is 4.74 Å². The van der Waals surface area contributed by atoms with Crippen LogP contribution >= 0.6 is 0 Å². The molecule has 1 unspecified atom stereocenters. The Balaban J connectivity index is 1.79. The summed E-state index contributed by atoms with van der Waals surface area (Å²) in [5, 5.41) is 11.3. The molecule has 1 atom stereocenters. The van der Waals surface area contributed by atoms with Crippen molar-refractivity contribution in [3.8, 4) is 0 Å². The van der Waals surface area contributed by atoms with E-state index in [1.807, 2.05) is 17.9 Å². The van der Waals surface area contributed by atoms with E-state index in [1.54, 1.807) is 0 Å². The lowest BCUT2D eigenvalue weighted by Crippen LogP contribution is -2.44. The second-order valence-corrected chi connectivity index (χ2v) is 4.46. The van der Waals surface area contributed by atoms with Crippen molar-refractivity contribution in [2.45, 2.75) is 26.1 Å². The van der Waals surface area contributed by atoms with Gasteiger partial charge >= 0.3 is 0 Å². The van der Waals surface area contributed by atoms with Gasteiger partial charge in [-0.05, 0) is 14.0 Å². The third-order valence-corrected chi connectivity index (χ3v) is 3.07. The third kappa shape index (κ3) is 3.49. The minimum absolute atomic E-state index is 0.504. The summed E-state index contributed by atoms with van der Waals surface area (Å²) >= 11 is 0. The molecule has 6 nitrogen and oxygen atoms in total. The van der Waals surface area contributed by atoms with Gasteiger partial charge < -0.3 is 10.1 Å². The van der Waals surface area contributed by atoms with Crippen molar-refractivity contribution in [2.24, 2.45) is 0 Å². The Morgan fingerprint density at radius 3 is 3.18 bits per heavy atom. The average molecular weight is 239 g/mol. The summed E-state index contributed by atoms with van der Waals surface area (Å²) in [4.78, 5) is 2.43. The lowest BCUT2D eigenvalue weighted by atomic mass is 10.2. The molecule has 0 radical (unpaired) electrons. The van der Waals surface area contributed by atoms with Crippen molar-refractivity contribution in [3.63, 3.8) is 0 Å². The summed E-state index contributed by atoms with van der Waals surface area (Å²) in [6, 6.07) is 0.504. The van der Waals surface area contributed by atoms with Gasteiger partial charge in [0.15, 0.2) is 0 Å². The van der Waals surface area contributed by atoms with E-state index < -0.39 is 0 Å². The van der Waals surface area contributed by atoms with Gasteiger partial charge in [-0.2, -0.15) is 0 Å². The van der Waals surface area contributed by atoms with E-state index in [0.29, 0.717) is 6.04 Å². The van der Waals surface area contributed by atoms with Crippen LogP contribution in [0.5, 0.6) is 0 Å². The van der Waals surface area contributed by atoms with Crippen molar-refractivity contribution in [1.82, 2.24) is 25.2 Å². The van der Waals surface area contributed by atoms with Crippen LogP contribution in [0.4, 0.5) is 0 Å². The molecule has 1 saturated heterocycles. The maximum atomic E-state index is 5.42. The standard InChI is InChI=1S/C11H21N5O/c1-10-9-17-6-5-15(10)3-4-16-8-11(7-12-2)13-14-16/h8,10,12H,3-7,9H2,1-2H3. The predicted octanol–water partition coefficient (Wildman–Crippen LogP) is -0.282. The first-order chi connectivity index (χ1) is 8.29. The topological polar surface area (TPSA) is 55.2 Å². The number of ether oxygens (including phenoxy) is 1. The van der Waals surface area contributed by atoms with Crippen molar-refractivity contribution in [3.05, 3.63) is 11.9 Å². The zero-order valence-corrected chi connectivity index (χ0v) is 10.6. The Bertz CT molecular complexity index is 340. The van der Waals surface area contributed by atoms with E-state index in [0.717, 1.165) is 45.1 Å². The Morgan fingerprint density at radius 1 is 1.53 bits per heavy atom. The lowest BCUT2D eigenvalue weighted by molar-refractivity contribution is -0.00209. The maximum Gasteiger partial charge on any atom is 0.0964 e. The summed E-state index contributed by atoms with van der Waals surface area (Å²) in [5.74, 6) is 0. The van der Waals surface area contributed by atoms with Gasteiger partial charge in [0.25, 0.3) is 0 Å². The van der Waals surface area contributed by atoms with Gasteiger partial charge in [0.1, 0.15) is 0 Å². The number of aromatic nitrogens is 3. The molecule has 0 aliphatic carbocycles. The molecule has 2 rings (SSSR count). The summed E-state index contributed by atoms with van der Waals surface area (Å²) in [7, 11) is 1.91. The summed E-state index contributed by atoms with van der Waals surface area (Å²) in [5.41, 5.74) is 0.988. The maximum absolute atomic E-state index is 5.42. The van der Waals surface area contributed by atoms with Gasteiger partial charge in [-0.1, -0.05) is 5.21 Å². The van der Waals surface area contributed by atoms with E-state index in [-0.39, 0.29) is 0 Å². The first-order valence-corrected chi connectivity index (χ1v) is 6.15. The molecule has 1 aliphatic heterocycles. The van der Waals surface area contributed by atoms with E-state index in [1.165, 1.54) is 0 Å². The largest absolute Gasteiger partial charge is 0.379 e. The Hall–Kier alpha value is -0.980. The molecule has 6 heteroatoms. The van der Waals surface area contributed by atoms with Crippen LogP contribution in [0, 0.1) is 0 Å². The van der Waals surface area contributed by atoms with Gasteiger partial charge in [0.2, 0.25) is 0 Å². The second kappa shape index (κ2) is 6.09. The fraction of sp³-hybridized carbons (Fsp3) is 0.818. The summed E-state index contributed by atoms with van der Waals surface area (Å²) < 4.78 is 7.33. The van der Waals surface area contributed by atoms with Crippen LogP contribution in [-0.4, -0.2) is 59.3 Å². The predicted molar refractivity (Wildman–Crippen MR) is 64.6 cm³/mol. The van der Waals surface area contributed by atoms with Crippen molar-refractivity contribution in [2.75, 3.05) is 33.4 Å². The highest BCUT2D eigenvalue weighted by Gasteiger charge is 2.18. The van der Waals surface area contributed by atoms with E-state index in [9.17, 15) is 0 Å². The molecular weight excluding hydrogens is 218 g/mol. The van der Waals surface area contributed by atoms with Crippen LogP contribution in [-0.2, 0) is 17.8 Å². The zero-order chi connectivity index (χ0) is 12.1. The van der Waals surface area contributed by atoms with Gasteiger partial charge in [-0.25, -0.2) is 0 Å². The number of hydrogen-bond acceptors (Lipinski definition) is 5. The van der Waals surface area contributed by atoms with Crippen LogP contribution in [0.1, 0.15) is 12.6 Å². The van der Waals surface area contributed by atoms with E-state index in [4.69, 9.17) is 4.74 Å². The fourth-order valence-electron chi connectivity index (χ4n) is 2.03. The van der Waals surface area contributed by atoms with E-state index in [2.05, 4.69) is 27.5 Å². The molecule has 1 aliphatic rings. The van der Waals surface area contributed by atoms with E-state index >= 15 is 0 Å². The molecular formula is C11H21N5O. The third-order valence-electron chi connectivity index (χ3n) is 3.07. The van der Waals surface area contributed by atoms with Crippen LogP contribution in [0.15, 0.2) is 6.20 Å². The first-order valence-electron chi connectivity index (χ1n) is 6.15. The molecule has 0 spiro atoms. The molecule has 0 amide bonds. The molecule has 96 valence electrons. The first kappa shape index (κ1) is 12.5. The minimum atomic E-state index is 0.504. The number of morpholine rings is 1. The summed E-state index contributed by atoms with van der Waals surface area (Å²) in [6.07, 6.45) is 2.00. The van der Waals surface area contributed by atoms with Crippen LogP contribution in [0.2, 0.25) is 0 Å². The van der Waals surface area contributed by atoms with Gasteiger partial charge in [-0.3, -0.25) is 9.58 Å². The smallest absolute Gasteiger partial charge is 0.0964 e. The summed E-state index contributed by atoms with van der Waals surface area (Å²) in [6.45, 7) is 7.56. The number of hydrogen-bond donors (Lipinski definition) is 1. The van der Waals surface area contributed by atoms with Crippen molar-refractivity contribution >= 4 is 0 Å². The molecule has 17 heavy (non-hydrogen) atoms. The fourth-order valence-corrected chi connectivity index (χ4v) is 2.03. The van der Waals surface area contributed by atoms with Gasteiger partial charge in [-0.15, -0.1) is 5.10 Å². The normalized spacial score (nSPS) is 21.9. The van der Waals surface area contributed by atoms with Crippen LogP contribution in [0.25, 0.3) is 0 Å².